The van der Waals surface area contributed by atoms with E-state index in [2.05, 4.69) is 15.3 Å². The second kappa shape index (κ2) is 7.92. The van der Waals surface area contributed by atoms with Gasteiger partial charge in [-0.15, -0.1) is 11.3 Å². The Labute approximate surface area is 154 Å². The van der Waals surface area contributed by atoms with Crippen LogP contribution in [0.5, 0.6) is 5.75 Å². The van der Waals surface area contributed by atoms with Crippen LogP contribution in [0.4, 0.5) is 5.82 Å². The van der Waals surface area contributed by atoms with Crippen LogP contribution in [0.2, 0.25) is 5.02 Å². The highest BCUT2D eigenvalue weighted by Crippen LogP contribution is 2.26. The van der Waals surface area contributed by atoms with Gasteiger partial charge in [0.25, 0.3) is 0 Å². The highest BCUT2D eigenvalue weighted by atomic mass is 35.5. The quantitative estimate of drug-likeness (QED) is 0.670. The van der Waals surface area contributed by atoms with Gasteiger partial charge < -0.3 is 10.1 Å². The third-order valence-corrected chi connectivity index (χ3v) is 4.38. The van der Waals surface area contributed by atoms with Crippen LogP contribution in [-0.2, 0) is 4.79 Å². The Hall–Kier alpha value is -2.70. The van der Waals surface area contributed by atoms with Crippen molar-refractivity contribution in [1.29, 1.82) is 0 Å². The fraction of sp³-hybridized carbons (Fsp3) is 0.0556. The summed E-state index contributed by atoms with van der Waals surface area (Å²) < 4.78 is 5.15. The zero-order valence-electron chi connectivity index (χ0n) is 13.3. The molecule has 2 heterocycles. The van der Waals surface area contributed by atoms with Crippen LogP contribution in [0.1, 0.15) is 5.69 Å². The molecule has 1 amide bonds. The number of benzene rings is 1. The van der Waals surface area contributed by atoms with E-state index in [1.807, 2.05) is 29.6 Å². The van der Waals surface area contributed by atoms with Crippen LogP contribution in [-0.4, -0.2) is 23.0 Å². The molecule has 0 aliphatic carbocycles. The van der Waals surface area contributed by atoms with Gasteiger partial charge in [0.15, 0.2) is 0 Å². The van der Waals surface area contributed by atoms with Crippen molar-refractivity contribution in [3.05, 3.63) is 64.8 Å². The molecule has 0 unspecified atom stereocenters. The van der Waals surface area contributed by atoms with Crippen LogP contribution < -0.4 is 10.1 Å². The van der Waals surface area contributed by atoms with Crippen LogP contribution in [0.15, 0.2) is 54.1 Å². The summed E-state index contributed by atoms with van der Waals surface area (Å²) in [5.41, 5.74) is 1.72. The second-order valence-electron chi connectivity index (χ2n) is 4.99. The topological polar surface area (TPSA) is 64.1 Å². The molecule has 0 spiro atoms. The fourth-order valence-corrected chi connectivity index (χ4v) is 2.91. The lowest BCUT2D eigenvalue weighted by molar-refractivity contribution is -0.111. The molecule has 0 atom stereocenters. The predicted octanol–water partition coefficient (Wildman–Crippen LogP) is 4.52. The minimum atomic E-state index is -0.284. The van der Waals surface area contributed by atoms with Gasteiger partial charge in [-0.25, -0.2) is 9.97 Å². The average Bonchev–Trinajstić information content (AvgIpc) is 3.11. The summed E-state index contributed by atoms with van der Waals surface area (Å²) in [5, 5.41) is 5.94. The van der Waals surface area contributed by atoms with Gasteiger partial charge in [-0.3, -0.25) is 4.79 Å². The molecule has 1 aromatic carbocycles. The monoisotopic (exact) mass is 371 g/mol. The second-order valence-corrected chi connectivity index (χ2v) is 6.28. The number of pyridine rings is 1. The number of hydrogen-bond donors (Lipinski definition) is 1. The van der Waals surface area contributed by atoms with E-state index in [4.69, 9.17) is 16.3 Å². The van der Waals surface area contributed by atoms with Crippen molar-refractivity contribution in [2.75, 3.05) is 12.4 Å². The number of carbonyl (C=O) groups excluding carboxylic acids is 1. The van der Waals surface area contributed by atoms with Crippen molar-refractivity contribution in [2.45, 2.75) is 0 Å². The molecule has 0 aliphatic heterocycles. The average molecular weight is 372 g/mol. The van der Waals surface area contributed by atoms with E-state index in [9.17, 15) is 4.79 Å². The third kappa shape index (κ3) is 4.65. The lowest BCUT2D eigenvalue weighted by Crippen LogP contribution is -2.08. The molecular weight excluding hydrogens is 358 g/mol. The molecule has 0 bridgehead atoms. The van der Waals surface area contributed by atoms with Crippen molar-refractivity contribution in [3.63, 3.8) is 0 Å². The normalized spacial score (nSPS) is 10.8. The number of amides is 1. The Morgan fingerprint density at radius 1 is 1.24 bits per heavy atom. The van der Waals surface area contributed by atoms with Crippen LogP contribution >= 0.6 is 22.9 Å². The Morgan fingerprint density at radius 3 is 2.72 bits per heavy atom. The summed E-state index contributed by atoms with van der Waals surface area (Å²) in [6.07, 6.45) is 4.56. The first-order valence-corrected chi connectivity index (χ1v) is 8.60. The number of nitrogens with zero attached hydrogens (tertiary/aromatic N) is 2. The molecule has 0 saturated heterocycles. The highest BCUT2D eigenvalue weighted by Gasteiger charge is 2.04. The summed E-state index contributed by atoms with van der Waals surface area (Å²) >= 11 is 7.27. The Kier molecular flexibility index (Phi) is 5.42. The maximum absolute atomic E-state index is 11.9. The summed E-state index contributed by atoms with van der Waals surface area (Å²) in [7, 11) is 1.63. The minimum absolute atomic E-state index is 0.284. The molecule has 3 rings (SSSR count). The number of thiazole rings is 1. The van der Waals surface area contributed by atoms with Gasteiger partial charge in [-0.05, 0) is 42.5 Å². The number of rotatable bonds is 5. The molecule has 0 fully saturated rings. The molecule has 5 nitrogen and oxygen atoms in total. The van der Waals surface area contributed by atoms with E-state index in [0.29, 0.717) is 10.8 Å². The molecule has 3 aromatic rings. The maximum atomic E-state index is 11.9. The third-order valence-electron chi connectivity index (χ3n) is 3.24. The van der Waals surface area contributed by atoms with Gasteiger partial charge in [0.1, 0.15) is 16.6 Å². The first-order chi connectivity index (χ1) is 12.1. The Morgan fingerprint density at radius 2 is 2.04 bits per heavy atom. The number of aromatic nitrogens is 2. The largest absolute Gasteiger partial charge is 0.497 e. The van der Waals surface area contributed by atoms with Crippen molar-refractivity contribution in [1.82, 2.24) is 9.97 Å². The lowest BCUT2D eigenvalue weighted by atomic mass is 10.2. The van der Waals surface area contributed by atoms with E-state index in [1.165, 1.54) is 23.6 Å². The fourth-order valence-electron chi connectivity index (χ4n) is 2.01. The number of hydrogen-bond acceptors (Lipinski definition) is 5. The molecule has 25 heavy (non-hydrogen) atoms. The summed E-state index contributed by atoms with van der Waals surface area (Å²) in [6, 6.07) is 11.0. The van der Waals surface area contributed by atoms with Gasteiger partial charge in [0.2, 0.25) is 5.91 Å². The van der Waals surface area contributed by atoms with Crippen molar-refractivity contribution >= 4 is 40.7 Å². The predicted molar refractivity (Wildman–Crippen MR) is 101 cm³/mol. The van der Waals surface area contributed by atoms with E-state index in [0.717, 1.165) is 22.0 Å². The summed E-state index contributed by atoms with van der Waals surface area (Å²) in [4.78, 5) is 20.4. The SMILES string of the molecule is COc1ccc(-c2nc(/C=C/C(=O)Nc3ccc(Cl)cn3)cs2)cc1. The molecule has 126 valence electrons. The van der Waals surface area contributed by atoms with Crippen LogP contribution in [0.3, 0.4) is 0 Å². The molecule has 1 N–H and O–H groups in total. The molecular formula is C18H14ClN3O2S. The smallest absolute Gasteiger partial charge is 0.249 e. The van der Waals surface area contributed by atoms with Crippen LogP contribution in [0, 0.1) is 0 Å². The Bertz CT molecular complexity index is 889. The molecule has 0 aliphatic rings. The van der Waals surface area contributed by atoms with E-state index < -0.39 is 0 Å². The van der Waals surface area contributed by atoms with Crippen LogP contribution in [0.25, 0.3) is 16.6 Å². The lowest BCUT2D eigenvalue weighted by Gasteiger charge is -2.00. The molecule has 7 heteroatoms. The van der Waals surface area contributed by atoms with Crippen molar-refractivity contribution < 1.29 is 9.53 Å². The first kappa shape index (κ1) is 17.1. The zero-order chi connectivity index (χ0) is 17.6. The zero-order valence-corrected chi connectivity index (χ0v) is 14.8. The molecule has 2 aromatic heterocycles. The number of ether oxygens (including phenoxy) is 1. The number of anilines is 1. The van der Waals surface area contributed by atoms with E-state index in [-0.39, 0.29) is 5.91 Å². The number of carbonyl (C=O) groups is 1. The number of halogens is 1. The van der Waals surface area contributed by atoms with Gasteiger partial charge in [0.05, 0.1) is 17.8 Å². The van der Waals surface area contributed by atoms with Crippen molar-refractivity contribution in [2.24, 2.45) is 0 Å². The van der Waals surface area contributed by atoms with Gasteiger partial charge >= 0.3 is 0 Å². The van der Waals surface area contributed by atoms with Gasteiger partial charge in [-0.2, -0.15) is 0 Å². The molecule has 0 radical (unpaired) electrons. The van der Waals surface area contributed by atoms with Gasteiger partial charge in [-0.1, -0.05) is 11.6 Å². The standard InChI is InChI=1S/C18H14ClN3O2S/c1-24-15-6-2-12(3-7-15)18-21-14(11-25-18)5-9-17(23)22-16-8-4-13(19)10-20-16/h2-11H,1H3,(H,20,22,23)/b9-5+. The Balaban J connectivity index is 1.64. The molecule has 0 saturated carbocycles. The minimum Gasteiger partial charge on any atom is -0.497 e. The van der Waals surface area contributed by atoms with E-state index in [1.54, 1.807) is 25.3 Å². The highest BCUT2D eigenvalue weighted by molar-refractivity contribution is 7.13. The summed E-state index contributed by atoms with van der Waals surface area (Å²) in [5.74, 6) is 0.956. The maximum Gasteiger partial charge on any atom is 0.249 e. The van der Waals surface area contributed by atoms with E-state index >= 15 is 0 Å². The summed E-state index contributed by atoms with van der Waals surface area (Å²) in [6.45, 7) is 0. The number of nitrogens with one attached hydrogen (secondary N) is 1. The van der Waals surface area contributed by atoms with Gasteiger partial charge in [0, 0.05) is 23.2 Å². The number of methoxy groups -OCH3 is 1. The van der Waals surface area contributed by atoms with Crippen molar-refractivity contribution in [3.8, 4) is 16.3 Å². The first-order valence-electron chi connectivity index (χ1n) is 7.34.